The highest BCUT2D eigenvalue weighted by molar-refractivity contribution is 7.89. The van der Waals surface area contributed by atoms with Gasteiger partial charge in [0.1, 0.15) is 18.2 Å². The fourth-order valence-electron chi connectivity index (χ4n) is 0.993. The summed E-state index contributed by atoms with van der Waals surface area (Å²) in [6.07, 6.45) is 0. The second kappa shape index (κ2) is 5.19. The number of ether oxygens (including phenoxy) is 1. The van der Waals surface area contributed by atoms with Gasteiger partial charge in [-0.1, -0.05) is 0 Å². The quantitative estimate of drug-likeness (QED) is 0.801. The number of hydrogen-bond donors (Lipinski definition) is 1. The zero-order valence-corrected chi connectivity index (χ0v) is 9.55. The maximum atomic E-state index is 12.8. The van der Waals surface area contributed by atoms with Crippen LogP contribution >= 0.6 is 0 Å². The number of hydrogen-bond acceptors (Lipinski definition) is 4. The van der Waals surface area contributed by atoms with Crippen molar-refractivity contribution in [3.8, 4) is 0 Å². The standard InChI is InChI=1S/C9H9F2NO4S/c1-16-9(13)5-12-17(14,15)8-3-6(10)2-7(11)4-8/h2-4,12H,5H2,1H3. The molecule has 0 unspecified atom stereocenters. The van der Waals surface area contributed by atoms with Crippen LogP contribution in [0.5, 0.6) is 0 Å². The molecule has 0 bridgehead atoms. The molecule has 0 aliphatic heterocycles. The average Bonchev–Trinajstić information content (AvgIpc) is 2.24. The van der Waals surface area contributed by atoms with Gasteiger partial charge in [-0.05, 0) is 12.1 Å². The molecule has 1 aromatic carbocycles. The highest BCUT2D eigenvalue weighted by Gasteiger charge is 2.17. The third kappa shape index (κ3) is 3.75. The molecule has 17 heavy (non-hydrogen) atoms. The molecule has 5 nitrogen and oxygen atoms in total. The Labute approximate surface area is 96.4 Å². The minimum Gasteiger partial charge on any atom is -0.468 e. The first-order valence-electron chi connectivity index (χ1n) is 4.38. The van der Waals surface area contributed by atoms with Crippen molar-refractivity contribution in [1.82, 2.24) is 4.72 Å². The van der Waals surface area contributed by atoms with Gasteiger partial charge in [0, 0.05) is 6.07 Å². The molecule has 8 heteroatoms. The van der Waals surface area contributed by atoms with Crippen molar-refractivity contribution < 1.29 is 26.7 Å². The lowest BCUT2D eigenvalue weighted by Gasteiger charge is -2.05. The van der Waals surface area contributed by atoms with Crippen molar-refractivity contribution in [3.05, 3.63) is 29.8 Å². The van der Waals surface area contributed by atoms with E-state index in [1.807, 2.05) is 4.72 Å². The summed E-state index contributed by atoms with van der Waals surface area (Å²) in [7, 11) is -3.06. The maximum Gasteiger partial charge on any atom is 0.320 e. The Hall–Kier alpha value is -1.54. The van der Waals surface area contributed by atoms with Crippen LogP contribution in [-0.2, 0) is 19.6 Å². The topological polar surface area (TPSA) is 72.5 Å². The lowest BCUT2D eigenvalue weighted by atomic mass is 10.3. The molecular formula is C9H9F2NO4S. The summed E-state index contributed by atoms with van der Waals surface area (Å²) in [5.74, 6) is -2.86. The fraction of sp³-hybridized carbons (Fsp3) is 0.222. The Bertz CT molecular complexity index is 510. The molecule has 0 atom stereocenters. The lowest BCUT2D eigenvalue weighted by Crippen LogP contribution is -2.30. The van der Waals surface area contributed by atoms with Gasteiger partial charge in [-0.2, -0.15) is 4.72 Å². The highest BCUT2D eigenvalue weighted by atomic mass is 32.2. The zero-order chi connectivity index (χ0) is 13.1. The van der Waals surface area contributed by atoms with E-state index in [4.69, 9.17) is 0 Å². The summed E-state index contributed by atoms with van der Waals surface area (Å²) in [6.45, 7) is -0.614. The van der Waals surface area contributed by atoms with Crippen molar-refractivity contribution >= 4 is 16.0 Å². The fourth-order valence-corrected chi connectivity index (χ4v) is 2.00. The first kappa shape index (κ1) is 13.5. The number of carbonyl (C=O) groups excluding carboxylic acids is 1. The van der Waals surface area contributed by atoms with Crippen molar-refractivity contribution in [2.24, 2.45) is 0 Å². The van der Waals surface area contributed by atoms with E-state index in [1.165, 1.54) is 0 Å². The monoisotopic (exact) mass is 265 g/mol. The van der Waals surface area contributed by atoms with E-state index in [1.54, 1.807) is 0 Å². The largest absolute Gasteiger partial charge is 0.468 e. The van der Waals surface area contributed by atoms with Crippen LogP contribution in [0, 0.1) is 11.6 Å². The summed E-state index contributed by atoms with van der Waals surface area (Å²) in [6, 6.07) is 1.82. The van der Waals surface area contributed by atoms with E-state index < -0.39 is 39.1 Å². The van der Waals surface area contributed by atoms with E-state index in [2.05, 4.69) is 4.74 Å². The van der Waals surface area contributed by atoms with Gasteiger partial charge in [-0.3, -0.25) is 4.79 Å². The second-order valence-corrected chi connectivity index (χ2v) is 4.77. The van der Waals surface area contributed by atoms with Crippen LogP contribution in [0.3, 0.4) is 0 Å². The number of nitrogens with one attached hydrogen (secondary N) is 1. The molecule has 0 saturated carbocycles. The molecule has 0 aliphatic carbocycles. The minimum atomic E-state index is -4.14. The Morgan fingerprint density at radius 1 is 1.29 bits per heavy atom. The van der Waals surface area contributed by atoms with Gasteiger partial charge in [0.15, 0.2) is 0 Å². The molecular weight excluding hydrogens is 256 g/mol. The molecule has 0 spiro atoms. The van der Waals surface area contributed by atoms with E-state index in [0.717, 1.165) is 7.11 Å². The number of carbonyl (C=O) groups is 1. The number of benzene rings is 1. The number of methoxy groups -OCH3 is 1. The number of esters is 1. The molecule has 1 N–H and O–H groups in total. The number of rotatable bonds is 4. The van der Waals surface area contributed by atoms with Crippen LogP contribution in [0.2, 0.25) is 0 Å². The predicted molar refractivity (Wildman–Crippen MR) is 53.6 cm³/mol. The number of sulfonamides is 1. The molecule has 0 radical (unpaired) electrons. The van der Waals surface area contributed by atoms with Crippen molar-refractivity contribution in [1.29, 1.82) is 0 Å². The normalized spacial score (nSPS) is 11.2. The molecule has 0 heterocycles. The summed E-state index contributed by atoms with van der Waals surface area (Å²) >= 11 is 0. The van der Waals surface area contributed by atoms with Crippen LogP contribution < -0.4 is 4.72 Å². The van der Waals surface area contributed by atoms with Crippen LogP contribution in [0.1, 0.15) is 0 Å². The Kier molecular flexibility index (Phi) is 4.13. The van der Waals surface area contributed by atoms with E-state index >= 15 is 0 Å². The summed E-state index contributed by atoms with van der Waals surface area (Å²) < 4.78 is 54.7. The van der Waals surface area contributed by atoms with Crippen LogP contribution in [0.25, 0.3) is 0 Å². The van der Waals surface area contributed by atoms with Gasteiger partial charge >= 0.3 is 5.97 Å². The van der Waals surface area contributed by atoms with Crippen molar-refractivity contribution in [2.75, 3.05) is 13.7 Å². The SMILES string of the molecule is COC(=O)CNS(=O)(=O)c1cc(F)cc(F)c1. The van der Waals surface area contributed by atoms with Gasteiger partial charge in [0.2, 0.25) is 10.0 Å². The summed E-state index contributed by atoms with van der Waals surface area (Å²) in [4.78, 5) is 10.1. The van der Waals surface area contributed by atoms with Crippen LogP contribution in [0.15, 0.2) is 23.1 Å². The molecule has 1 rings (SSSR count). The maximum absolute atomic E-state index is 12.8. The van der Waals surface area contributed by atoms with Gasteiger partial charge in [-0.15, -0.1) is 0 Å². The molecule has 0 aliphatic rings. The van der Waals surface area contributed by atoms with Gasteiger partial charge in [-0.25, -0.2) is 17.2 Å². The van der Waals surface area contributed by atoms with Gasteiger partial charge < -0.3 is 4.74 Å². The molecule has 1 aromatic rings. The van der Waals surface area contributed by atoms with Gasteiger partial charge in [0.05, 0.1) is 12.0 Å². The van der Waals surface area contributed by atoms with E-state index in [9.17, 15) is 22.0 Å². The molecule has 0 amide bonds. The van der Waals surface area contributed by atoms with Crippen LogP contribution in [0.4, 0.5) is 8.78 Å². The second-order valence-electron chi connectivity index (χ2n) is 3.01. The third-order valence-corrected chi connectivity index (χ3v) is 3.16. The summed E-state index contributed by atoms with van der Waals surface area (Å²) in [5, 5.41) is 0. The average molecular weight is 265 g/mol. The Balaban J connectivity index is 2.93. The first-order valence-corrected chi connectivity index (χ1v) is 5.86. The Morgan fingerprint density at radius 2 is 1.82 bits per heavy atom. The zero-order valence-electron chi connectivity index (χ0n) is 8.74. The van der Waals surface area contributed by atoms with Crippen molar-refractivity contribution in [2.45, 2.75) is 4.90 Å². The van der Waals surface area contributed by atoms with E-state index in [-0.39, 0.29) is 0 Å². The van der Waals surface area contributed by atoms with Gasteiger partial charge in [0.25, 0.3) is 0 Å². The third-order valence-electron chi connectivity index (χ3n) is 1.78. The molecule has 0 fully saturated rings. The molecule has 0 saturated heterocycles. The first-order chi connectivity index (χ1) is 7.85. The van der Waals surface area contributed by atoms with Crippen molar-refractivity contribution in [3.63, 3.8) is 0 Å². The smallest absolute Gasteiger partial charge is 0.320 e. The minimum absolute atomic E-state index is 0.541. The van der Waals surface area contributed by atoms with Crippen LogP contribution in [-0.4, -0.2) is 28.0 Å². The number of halogens is 2. The Morgan fingerprint density at radius 3 is 2.29 bits per heavy atom. The molecule has 0 aromatic heterocycles. The predicted octanol–water partition coefficient (Wildman–Crippen LogP) is 0.416. The molecule has 94 valence electrons. The summed E-state index contributed by atoms with van der Waals surface area (Å²) in [5.41, 5.74) is 0. The van der Waals surface area contributed by atoms with E-state index in [0.29, 0.717) is 18.2 Å². The highest BCUT2D eigenvalue weighted by Crippen LogP contribution is 2.13. The lowest BCUT2D eigenvalue weighted by molar-refractivity contribution is -0.139.